The minimum atomic E-state index is -0.577. The Hall–Kier alpha value is -0.650. The molecule has 0 aromatic rings. The number of likely N-dealkylation sites (N-methyl/N-ethyl adjacent to an activating group) is 1. The summed E-state index contributed by atoms with van der Waals surface area (Å²) in [5.74, 6) is -0.444. The van der Waals surface area contributed by atoms with Crippen molar-refractivity contribution in [3.8, 4) is 0 Å². The standard InChI is InChI=1S/C10H21N3O2/c1-2-13(7-9(11)10(12)14)6-8-4-3-5-15-8/h8-9H,2-7,11H2,1H3,(H2,12,14). The minimum absolute atomic E-state index is 0.296. The summed E-state index contributed by atoms with van der Waals surface area (Å²) in [6.07, 6.45) is 2.52. The number of hydrogen-bond acceptors (Lipinski definition) is 4. The number of hydrogen-bond donors (Lipinski definition) is 2. The van der Waals surface area contributed by atoms with Crippen LogP contribution in [0.3, 0.4) is 0 Å². The molecule has 1 aliphatic heterocycles. The molecule has 1 fully saturated rings. The first-order valence-electron chi connectivity index (χ1n) is 5.52. The number of carbonyl (C=O) groups is 1. The van der Waals surface area contributed by atoms with Crippen molar-refractivity contribution in [2.75, 3.05) is 26.2 Å². The molecule has 4 N–H and O–H groups in total. The zero-order valence-electron chi connectivity index (χ0n) is 9.32. The lowest BCUT2D eigenvalue weighted by molar-refractivity contribution is -0.119. The van der Waals surface area contributed by atoms with Crippen LogP contribution in [0.25, 0.3) is 0 Å². The lowest BCUT2D eigenvalue weighted by Crippen LogP contribution is -2.47. The van der Waals surface area contributed by atoms with E-state index in [0.717, 1.165) is 32.5 Å². The summed E-state index contributed by atoms with van der Waals surface area (Å²) in [5, 5.41) is 0. The van der Waals surface area contributed by atoms with Gasteiger partial charge in [0.05, 0.1) is 12.1 Å². The average molecular weight is 215 g/mol. The van der Waals surface area contributed by atoms with Crippen LogP contribution in [-0.2, 0) is 9.53 Å². The SMILES string of the molecule is CCN(CC1CCCO1)CC(N)C(N)=O. The van der Waals surface area contributed by atoms with Crippen LogP contribution < -0.4 is 11.5 Å². The molecule has 1 saturated heterocycles. The van der Waals surface area contributed by atoms with Crippen molar-refractivity contribution in [2.24, 2.45) is 11.5 Å². The highest BCUT2D eigenvalue weighted by Crippen LogP contribution is 2.13. The monoisotopic (exact) mass is 215 g/mol. The summed E-state index contributed by atoms with van der Waals surface area (Å²) in [5.41, 5.74) is 10.7. The van der Waals surface area contributed by atoms with Crippen molar-refractivity contribution in [3.63, 3.8) is 0 Å². The summed E-state index contributed by atoms with van der Waals surface area (Å²) in [6, 6.07) is -0.577. The van der Waals surface area contributed by atoms with Gasteiger partial charge in [0.15, 0.2) is 0 Å². The van der Waals surface area contributed by atoms with E-state index in [-0.39, 0.29) is 0 Å². The smallest absolute Gasteiger partial charge is 0.235 e. The van der Waals surface area contributed by atoms with Crippen molar-refractivity contribution < 1.29 is 9.53 Å². The number of nitrogens with zero attached hydrogens (tertiary/aromatic N) is 1. The summed E-state index contributed by atoms with van der Waals surface area (Å²) < 4.78 is 5.53. The van der Waals surface area contributed by atoms with E-state index < -0.39 is 11.9 Å². The molecular weight excluding hydrogens is 194 g/mol. The first kappa shape index (κ1) is 12.4. The van der Waals surface area contributed by atoms with Crippen molar-refractivity contribution in [2.45, 2.75) is 31.9 Å². The first-order valence-corrected chi connectivity index (χ1v) is 5.52. The number of carbonyl (C=O) groups excluding carboxylic acids is 1. The molecule has 5 heteroatoms. The van der Waals surface area contributed by atoms with Gasteiger partial charge in [-0.3, -0.25) is 9.69 Å². The Morgan fingerprint density at radius 2 is 2.40 bits per heavy atom. The quantitative estimate of drug-likeness (QED) is 0.614. The van der Waals surface area contributed by atoms with Crippen molar-refractivity contribution in [1.29, 1.82) is 0 Å². The van der Waals surface area contributed by atoms with Gasteiger partial charge in [-0.2, -0.15) is 0 Å². The number of amides is 1. The Kier molecular flexibility index (Phi) is 5.01. The van der Waals surface area contributed by atoms with Crippen molar-refractivity contribution in [3.05, 3.63) is 0 Å². The third-order valence-corrected chi connectivity index (χ3v) is 2.75. The summed E-state index contributed by atoms with van der Waals surface area (Å²) in [6.45, 7) is 5.12. The van der Waals surface area contributed by atoms with Crippen LogP contribution in [0.4, 0.5) is 0 Å². The van der Waals surface area contributed by atoms with Gasteiger partial charge in [-0.15, -0.1) is 0 Å². The molecule has 0 spiro atoms. The molecule has 0 aliphatic carbocycles. The molecule has 0 aromatic carbocycles. The third-order valence-electron chi connectivity index (χ3n) is 2.75. The van der Waals surface area contributed by atoms with Crippen molar-refractivity contribution in [1.82, 2.24) is 4.90 Å². The van der Waals surface area contributed by atoms with Gasteiger partial charge in [0.2, 0.25) is 5.91 Å². The van der Waals surface area contributed by atoms with Crippen LogP contribution in [0.1, 0.15) is 19.8 Å². The highest BCUT2D eigenvalue weighted by molar-refractivity contribution is 5.79. The lowest BCUT2D eigenvalue weighted by atomic mass is 10.2. The van der Waals surface area contributed by atoms with Crippen LogP contribution in [0, 0.1) is 0 Å². The van der Waals surface area contributed by atoms with Gasteiger partial charge in [0, 0.05) is 19.7 Å². The molecule has 1 rings (SSSR count). The summed E-state index contributed by atoms with van der Waals surface area (Å²) in [4.78, 5) is 12.9. The van der Waals surface area contributed by atoms with Crippen LogP contribution in [-0.4, -0.2) is 49.2 Å². The van der Waals surface area contributed by atoms with E-state index in [4.69, 9.17) is 16.2 Å². The second-order valence-electron chi connectivity index (χ2n) is 4.00. The maximum atomic E-state index is 10.8. The fourth-order valence-corrected chi connectivity index (χ4v) is 1.78. The molecule has 15 heavy (non-hydrogen) atoms. The maximum absolute atomic E-state index is 10.8. The molecule has 1 heterocycles. The maximum Gasteiger partial charge on any atom is 0.235 e. The van der Waals surface area contributed by atoms with Crippen LogP contribution >= 0.6 is 0 Å². The normalized spacial score (nSPS) is 23.3. The Bertz CT molecular complexity index is 205. The minimum Gasteiger partial charge on any atom is -0.377 e. The third kappa shape index (κ3) is 4.15. The number of rotatable bonds is 6. The molecule has 2 atom stereocenters. The largest absolute Gasteiger partial charge is 0.377 e. The average Bonchev–Trinajstić information content (AvgIpc) is 2.69. The van der Waals surface area contributed by atoms with Gasteiger partial charge >= 0.3 is 0 Å². The molecule has 1 aliphatic rings. The molecule has 0 radical (unpaired) electrons. The molecule has 0 saturated carbocycles. The first-order chi connectivity index (χ1) is 7.13. The Morgan fingerprint density at radius 1 is 1.67 bits per heavy atom. The van der Waals surface area contributed by atoms with Crippen LogP contribution in [0.15, 0.2) is 0 Å². The fraction of sp³-hybridized carbons (Fsp3) is 0.900. The van der Waals surface area contributed by atoms with E-state index in [0.29, 0.717) is 12.6 Å². The second kappa shape index (κ2) is 6.05. The van der Waals surface area contributed by atoms with Crippen LogP contribution in [0.2, 0.25) is 0 Å². The Balaban J connectivity index is 2.31. The zero-order valence-corrected chi connectivity index (χ0v) is 9.32. The van der Waals surface area contributed by atoms with E-state index in [1.165, 1.54) is 0 Å². The highest BCUT2D eigenvalue weighted by atomic mass is 16.5. The molecule has 5 nitrogen and oxygen atoms in total. The lowest BCUT2D eigenvalue weighted by Gasteiger charge is -2.25. The van der Waals surface area contributed by atoms with Gasteiger partial charge in [0.25, 0.3) is 0 Å². The summed E-state index contributed by atoms with van der Waals surface area (Å²) >= 11 is 0. The summed E-state index contributed by atoms with van der Waals surface area (Å²) in [7, 11) is 0. The molecule has 1 amide bonds. The number of nitrogens with two attached hydrogens (primary N) is 2. The van der Waals surface area contributed by atoms with E-state index in [2.05, 4.69) is 4.90 Å². The predicted octanol–water partition coefficient (Wildman–Crippen LogP) is -0.700. The van der Waals surface area contributed by atoms with E-state index in [1.807, 2.05) is 6.92 Å². The highest BCUT2D eigenvalue weighted by Gasteiger charge is 2.20. The van der Waals surface area contributed by atoms with E-state index in [9.17, 15) is 4.79 Å². The van der Waals surface area contributed by atoms with Gasteiger partial charge in [-0.1, -0.05) is 6.92 Å². The van der Waals surface area contributed by atoms with Gasteiger partial charge in [0.1, 0.15) is 0 Å². The van der Waals surface area contributed by atoms with Gasteiger partial charge in [-0.05, 0) is 19.4 Å². The molecular formula is C10H21N3O2. The van der Waals surface area contributed by atoms with Crippen molar-refractivity contribution >= 4 is 5.91 Å². The van der Waals surface area contributed by atoms with E-state index >= 15 is 0 Å². The Morgan fingerprint density at radius 3 is 2.87 bits per heavy atom. The zero-order chi connectivity index (χ0) is 11.3. The predicted molar refractivity (Wildman–Crippen MR) is 58.3 cm³/mol. The second-order valence-corrected chi connectivity index (χ2v) is 4.00. The van der Waals surface area contributed by atoms with Gasteiger partial charge in [-0.25, -0.2) is 0 Å². The topological polar surface area (TPSA) is 81.6 Å². The molecule has 0 aromatic heterocycles. The number of ether oxygens (including phenoxy) is 1. The molecule has 2 unspecified atom stereocenters. The van der Waals surface area contributed by atoms with E-state index in [1.54, 1.807) is 0 Å². The van der Waals surface area contributed by atoms with Crippen LogP contribution in [0.5, 0.6) is 0 Å². The number of primary amides is 1. The van der Waals surface area contributed by atoms with Gasteiger partial charge < -0.3 is 16.2 Å². The molecule has 0 bridgehead atoms. The fourth-order valence-electron chi connectivity index (χ4n) is 1.78. The molecule has 88 valence electrons. The Labute approximate surface area is 90.7 Å².